The van der Waals surface area contributed by atoms with Crippen LogP contribution >= 0.6 is 0 Å². The number of phenolic OH excluding ortho intramolecular Hbond substituents is 2. The van der Waals surface area contributed by atoms with Gasteiger partial charge in [0, 0.05) is 22.9 Å². The number of aromatic hydroxyl groups is 2. The van der Waals surface area contributed by atoms with E-state index in [0.717, 1.165) is 0 Å². The molecule has 0 aromatic heterocycles. The van der Waals surface area contributed by atoms with E-state index in [9.17, 15) is 10.2 Å². The van der Waals surface area contributed by atoms with E-state index in [1.807, 2.05) is 6.92 Å². The zero-order chi connectivity index (χ0) is 9.30. The average Bonchev–Trinajstić information content (AvgIpc) is 2.01. The van der Waals surface area contributed by atoms with Crippen LogP contribution in [0, 0.1) is 6.92 Å². The number of hydrogen-bond acceptors (Lipinski definition) is 3. The van der Waals surface area contributed by atoms with Crippen molar-refractivity contribution in [3.05, 3.63) is 17.2 Å². The molecule has 0 heterocycles. The van der Waals surface area contributed by atoms with Gasteiger partial charge < -0.3 is 15.9 Å². The Kier molecular flexibility index (Phi) is 2.13. The Morgan fingerprint density at radius 1 is 1.42 bits per heavy atom. The van der Waals surface area contributed by atoms with Crippen LogP contribution < -0.4 is 5.73 Å². The summed E-state index contributed by atoms with van der Waals surface area (Å²) in [6.07, 6.45) is 0.665. The van der Waals surface area contributed by atoms with Crippen LogP contribution in [0.15, 0.2) is 6.07 Å². The summed E-state index contributed by atoms with van der Waals surface area (Å²) < 4.78 is 0. The largest absolute Gasteiger partial charge is 0.507 e. The van der Waals surface area contributed by atoms with Gasteiger partial charge in [0.2, 0.25) is 0 Å². The van der Waals surface area contributed by atoms with Gasteiger partial charge in [0.25, 0.3) is 0 Å². The molecule has 3 nitrogen and oxygen atoms in total. The Morgan fingerprint density at radius 3 is 2.50 bits per heavy atom. The third-order valence-corrected chi connectivity index (χ3v) is 2.02. The first-order valence-corrected chi connectivity index (χ1v) is 3.87. The van der Waals surface area contributed by atoms with Crippen LogP contribution in [0.1, 0.15) is 18.1 Å². The molecule has 0 unspecified atom stereocenters. The molecule has 66 valence electrons. The third kappa shape index (κ3) is 1.18. The van der Waals surface area contributed by atoms with E-state index in [1.54, 1.807) is 6.92 Å². The maximum atomic E-state index is 9.52. The molecule has 0 saturated heterocycles. The zero-order valence-corrected chi connectivity index (χ0v) is 7.26. The monoisotopic (exact) mass is 167 g/mol. The lowest BCUT2D eigenvalue weighted by Gasteiger charge is -2.09. The molecule has 0 amide bonds. The van der Waals surface area contributed by atoms with Gasteiger partial charge in [-0.2, -0.15) is 0 Å². The molecule has 0 radical (unpaired) electrons. The molecule has 1 rings (SSSR count). The third-order valence-electron chi connectivity index (χ3n) is 2.02. The maximum Gasteiger partial charge on any atom is 0.127 e. The summed E-state index contributed by atoms with van der Waals surface area (Å²) in [7, 11) is 0. The molecule has 12 heavy (non-hydrogen) atoms. The van der Waals surface area contributed by atoms with Gasteiger partial charge in [-0.15, -0.1) is 0 Å². The topological polar surface area (TPSA) is 66.5 Å². The summed E-state index contributed by atoms with van der Waals surface area (Å²) in [5.74, 6) is 0.150. The van der Waals surface area contributed by atoms with Crippen molar-refractivity contribution in [2.75, 3.05) is 5.73 Å². The number of benzene rings is 1. The van der Waals surface area contributed by atoms with Crippen molar-refractivity contribution in [1.29, 1.82) is 0 Å². The van der Waals surface area contributed by atoms with E-state index < -0.39 is 0 Å². The summed E-state index contributed by atoms with van der Waals surface area (Å²) in [4.78, 5) is 0. The first-order valence-electron chi connectivity index (χ1n) is 3.87. The second kappa shape index (κ2) is 2.93. The van der Waals surface area contributed by atoms with Gasteiger partial charge in [0.1, 0.15) is 11.5 Å². The second-order valence-electron chi connectivity index (χ2n) is 2.79. The average molecular weight is 167 g/mol. The Morgan fingerprint density at radius 2 is 2.00 bits per heavy atom. The number of nitrogens with two attached hydrogens (primary N) is 1. The highest BCUT2D eigenvalue weighted by Crippen LogP contribution is 2.34. The number of phenols is 2. The van der Waals surface area contributed by atoms with Gasteiger partial charge >= 0.3 is 0 Å². The van der Waals surface area contributed by atoms with E-state index in [2.05, 4.69) is 0 Å². The van der Waals surface area contributed by atoms with Crippen molar-refractivity contribution in [3.63, 3.8) is 0 Å². The molecular weight excluding hydrogens is 154 g/mol. The fourth-order valence-electron chi connectivity index (χ4n) is 1.20. The van der Waals surface area contributed by atoms with Crippen LogP contribution in [0.2, 0.25) is 0 Å². The standard InChI is InChI=1S/C9H13NO2/c1-3-6-7(10)4-8(11)5(2)9(6)12/h4,11-12H,3,10H2,1-2H3. The first-order chi connectivity index (χ1) is 5.57. The van der Waals surface area contributed by atoms with Crippen LogP contribution in [0.3, 0.4) is 0 Å². The van der Waals surface area contributed by atoms with Gasteiger partial charge in [-0.05, 0) is 13.3 Å². The number of nitrogen functional groups attached to an aromatic ring is 1. The van der Waals surface area contributed by atoms with Crippen LogP contribution in [0.25, 0.3) is 0 Å². The van der Waals surface area contributed by atoms with E-state index >= 15 is 0 Å². The van der Waals surface area contributed by atoms with Gasteiger partial charge in [-0.1, -0.05) is 6.92 Å². The van der Waals surface area contributed by atoms with Crippen molar-refractivity contribution in [3.8, 4) is 11.5 Å². The highest BCUT2D eigenvalue weighted by atomic mass is 16.3. The Balaban J connectivity index is 3.40. The van der Waals surface area contributed by atoms with E-state index in [1.165, 1.54) is 6.07 Å². The van der Waals surface area contributed by atoms with Crippen molar-refractivity contribution in [2.45, 2.75) is 20.3 Å². The second-order valence-corrected chi connectivity index (χ2v) is 2.79. The Bertz CT molecular complexity index is 308. The van der Waals surface area contributed by atoms with Crippen molar-refractivity contribution in [2.24, 2.45) is 0 Å². The number of hydrogen-bond donors (Lipinski definition) is 3. The lowest BCUT2D eigenvalue weighted by molar-refractivity contribution is 0.440. The molecule has 0 saturated carbocycles. The normalized spacial score (nSPS) is 10.2. The van der Waals surface area contributed by atoms with Crippen molar-refractivity contribution >= 4 is 5.69 Å². The zero-order valence-electron chi connectivity index (χ0n) is 7.26. The van der Waals surface area contributed by atoms with E-state index in [4.69, 9.17) is 5.73 Å². The minimum Gasteiger partial charge on any atom is -0.507 e. The molecule has 4 N–H and O–H groups in total. The maximum absolute atomic E-state index is 9.52. The lowest BCUT2D eigenvalue weighted by Crippen LogP contribution is -1.95. The highest BCUT2D eigenvalue weighted by molar-refractivity contribution is 5.62. The highest BCUT2D eigenvalue weighted by Gasteiger charge is 2.10. The molecule has 0 aliphatic heterocycles. The van der Waals surface area contributed by atoms with Crippen molar-refractivity contribution in [1.82, 2.24) is 0 Å². The summed E-state index contributed by atoms with van der Waals surface area (Å²) >= 11 is 0. The number of rotatable bonds is 1. The minimum absolute atomic E-state index is 0.0437. The van der Waals surface area contributed by atoms with Crippen LogP contribution in [-0.4, -0.2) is 10.2 Å². The predicted molar refractivity (Wildman–Crippen MR) is 48.3 cm³/mol. The summed E-state index contributed by atoms with van der Waals surface area (Å²) in [5, 5.41) is 18.8. The van der Waals surface area contributed by atoms with Crippen molar-refractivity contribution < 1.29 is 10.2 Å². The molecule has 3 heteroatoms. The smallest absolute Gasteiger partial charge is 0.127 e. The first kappa shape index (κ1) is 8.71. The van der Waals surface area contributed by atoms with Crippen LogP contribution in [0.5, 0.6) is 11.5 Å². The molecule has 1 aromatic carbocycles. The molecule has 0 aliphatic carbocycles. The van der Waals surface area contributed by atoms with Crippen LogP contribution in [-0.2, 0) is 6.42 Å². The minimum atomic E-state index is 0.0437. The van der Waals surface area contributed by atoms with Gasteiger partial charge in [0.15, 0.2) is 0 Å². The van der Waals surface area contributed by atoms with Gasteiger partial charge in [0.05, 0.1) is 0 Å². The molecular formula is C9H13NO2. The van der Waals surface area contributed by atoms with Gasteiger partial charge in [-0.25, -0.2) is 0 Å². The molecule has 0 aliphatic rings. The molecule has 1 aromatic rings. The molecule has 0 fully saturated rings. The quantitative estimate of drug-likeness (QED) is 0.556. The SMILES string of the molecule is CCc1c(N)cc(O)c(C)c1O. The molecule has 0 bridgehead atoms. The Hall–Kier alpha value is -1.38. The lowest BCUT2D eigenvalue weighted by atomic mass is 10.0. The Labute approximate surface area is 71.5 Å². The fraction of sp³-hybridized carbons (Fsp3) is 0.333. The summed E-state index contributed by atoms with van der Waals surface area (Å²) in [6, 6.07) is 1.47. The fourth-order valence-corrected chi connectivity index (χ4v) is 1.20. The van der Waals surface area contributed by atoms with E-state index in [0.29, 0.717) is 23.2 Å². The summed E-state index contributed by atoms with van der Waals surface area (Å²) in [5.41, 5.74) is 7.21. The number of anilines is 1. The van der Waals surface area contributed by atoms with Crippen LogP contribution in [0.4, 0.5) is 5.69 Å². The van der Waals surface area contributed by atoms with E-state index in [-0.39, 0.29) is 11.5 Å². The predicted octanol–water partition coefficient (Wildman–Crippen LogP) is 1.55. The summed E-state index contributed by atoms with van der Waals surface area (Å²) in [6.45, 7) is 3.56. The molecule has 0 spiro atoms. The van der Waals surface area contributed by atoms with Gasteiger partial charge in [-0.3, -0.25) is 0 Å². The molecule has 0 atom stereocenters.